The zero-order valence-corrected chi connectivity index (χ0v) is 24.6. The number of hydrogen-bond donors (Lipinski definition) is 1. The average Bonchev–Trinajstić information content (AvgIpc) is 3.13. The number of hydrogen-bond acceptors (Lipinski definition) is 6. The molecule has 7 nitrogen and oxygen atoms in total. The molecule has 0 unspecified atom stereocenters. The first-order valence-electron chi connectivity index (χ1n) is 10.8. The predicted octanol–water partition coefficient (Wildman–Crippen LogP) is 6.97. The van der Waals surface area contributed by atoms with Gasteiger partial charge in [-0.05, 0) is 110 Å². The van der Waals surface area contributed by atoms with Crippen LogP contribution in [0.15, 0.2) is 70.0 Å². The van der Waals surface area contributed by atoms with Crippen LogP contribution in [0.1, 0.15) is 11.1 Å². The van der Waals surface area contributed by atoms with E-state index in [1.54, 1.807) is 42.5 Å². The fourth-order valence-corrected chi connectivity index (χ4v) is 4.97. The number of benzene rings is 3. The van der Waals surface area contributed by atoms with Crippen LogP contribution in [-0.2, 0) is 16.2 Å². The van der Waals surface area contributed by atoms with Gasteiger partial charge in [-0.15, -0.1) is 0 Å². The molecule has 190 valence electrons. The van der Waals surface area contributed by atoms with Gasteiger partial charge in [0.05, 0.1) is 17.0 Å². The first-order chi connectivity index (χ1) is 17.7. The van der Waals surface area contributed by atoms with Crippen LogP contribution in [0, 0.1) is 3.57 Å². The van der Waals surface area contributed by atoms with E-state index in [0.717, 1.165) is 25.8 Å². The van der Waals surface area contributed by atoms with Gasteiger partial charge in [-0.25, -0.2) is 0 Å². The minimum Gasteiger partial charge on any atom is -0.493 e. The Bertz CT molecular complexity index is 1400. The number of ether oxygens (including phenoxy) is 2. The van der Waals surface area contributed by atoms with Crippen molar-refractivity contribution in [2.24, 2.45) is 0 Å². The molecular formula is C26H19BrClIN2O5S. The Morgan fingerprint density at radius 1 is 1.11 bits per heavy atom. The lowest BCUT2D eigenvalue weighted by Crippen LogP contribution is -2.36. The van der Waals surface area contributed by atoms with Crippen LogP contribution in [0.4, 0.5) is 10.5 Å². The molecule has 0 bridgehead atoms. The zero-order valence-electron chi connectivity index (χ0n) is 19.3. The van der Waals surface area contributed by atoms with Crippen LogP contribution in [-0.4, -0.2) is 35.6 Å². The van der Waals surface area contributed by atoms with Crippen LogP contribution in [0.2, 0.25) is 5.02 Å². The summed E-state index contributed by atoms with van der Waals surface area (Å²) in [6, 6.07) is 18.2. The maximum absolute atomic E-state index is 12.9. The van der Waals surface area contributed by atoms with Crippen molar-refractivity contribution in [3.05, 3.63) is 89.8 Å². The summed E-state index contributed by atoms with van der Waals surface area (Å²) in [5.74, 6) is -0.0164. The lowest BCUT2D eigenvalue weighted by molar-refractivity contribution is -0.127. The molecule has 3 amide bonds. The van der Waals surface area contributed by atoms with Crippen LogP contribution in [0.25, 0.3) is 6.08 Å². The lowest BCUT2D eigenvalue weighted by Gasteiger charge is -2.13. The smallest absolute Gasteiger partial charge is 0.294 e. The maximum atomic E-state index is 12.9. The quantitative estimate of drug-likeness (QED) is 0.201. The van der Waals surface area contributed by atoms with E-state index < -0.39 is 23.6 Å². The van der Waals surface area contributed by atoms with Crippen molar-refractivity contribution in [3.63, 3.8) is 0 Å². The van der Waals surface area contributed by atoms with Gasteiger partial charge in [0.15, 0.2) is 11.5 Å². The van der Waals surface area contributed by atoms with Crippen LogP contribution >= 0.6 is 61.9 Å². The number of anilines is 1. The van der Waals surface area contributed by atoms with Gasteiger partial charge in [-0.1, -0.05) is 29.8 Å². The molecule has 4 rings (SSSR count). The van der Waals surface area contributed by atoms with Gasteiger partial charge in [0.25, 0.3) is 11.1 Å². The Balaban J connectivity index is 1.42. The van der Waals surface area contributed by atoms with E-state index in [1.165, 1.54) is 7.11 Å². The van der Waals surface area contributed by atoms with E-state index in [0.29, 0.717) is 38.9 Å². The number of rotatable bonds is 8. The topological polar surface area (TPSA) is 84.9 Å². The molecule has 3 aromatic rings. The molecule has 0 radical (unpaired) electrons. The largest absolute Gasteiger partial charge is 0.493 e. The minimum absolute atomic E-state index is 0.207. The molecule has 1 aliphatic rings. The highest BCUT2D eigenvalue weighted by Gasteiger charge is 2.36. The summed E-state index contributed by atoms with van der Waals surface area (Å²) in [5, 5.41) is 2.54. The van der Waals surface area contributed by atoms with Gasteiger partial charge < -0.3 is 14.8 Å². The fourth-order valence-electron chi connectivity index (χ4n) is 3.34. The number of halogens is 3. The molecule has 0 aromatic heterocycles. The Hall–Kier alpha value is -2.54. The van der Waals surface area contributed by atoms with E-state index in [1.807, 2.05) is 24.3 Å². The van der Waals surface area contributed by atoms with Gasteiger partial charge in [-0.3, -0.25) is 19.3 Å². The van der Waals surface area contributed by atoms with E-state index in [-0.39, 0.29) is 4.91 Å². The molecular weight excluding hydrogens is 695 g/mol. The second-order valence-corrected chi connectivity index (χ2v) is 11.3. The van der Waals surface area contributed by atoms with Crippen molar-refractivity contribution in [1.82, 2.24) is 4.90 Å². The van der Waals surface area contributed by atoms with Crippen molar-refractivity contribution in [2.45, 2.75) is 6.61 Å². The summed E-state index contributed by atoms with van der Waals surface area (Å²) in [7, 11) is 1.53. The highest BCUT2D eigenvalue weighted by atomic mass is 127. The van der Waals surface area contributed by atoms with E-state index >= 15 is 0 Å². The molecule has 0 saturated carbocycles. The molecule has 37 heavy (non-hydrogen) atoms. The van der Waals surface area contributed by atoms with Crippen LogP contribution in [0.5, 0.6) is 11.5 Å². The minimum atomic E-state index is -0.544. The molecule has 1 heterocycles. The Morgan fingerprint density at radius 2 is 1.86 bits per heavy atom. The maximum Gasteiger partial charge on any atom is 0.294 e. The summed E-state index contributed by atoms with van der Waals surface area (Å²) in [4.78, 5) is 38.9. The van der Waals surface area contributed by atoms with Gasteiger partial charge in [0, 0.05) is 13.7 Å². The summed E-state index contributed by atoms with van der Waals surface area (Å²) in [6.07, 6.45) is 1.59. The predicted molar refractivity (Wildman–Crippen MR) is 157 cm³/mol. The van der Waals surface area contributed by atoms with Gasteiger partial charge >= 0.3 is 0 Å². The van der Waals surface area contributed by atoms with Crippen molar-refractivity contribution >= 4 is 90.7 Å². The number of thioether (sulfide) groups is 1. The van der Waals surface area contributed by atoms with Crippen molar-refractivity contribution < 1.29 is 23.9 Å². The molecule has 0 atom stereocenters. The van der Waals surface area contributed by atoms with Crippen LogP contribution < -0.4 is 14.8 Å². The summed E-state index contributed by atoms with van der Waals surface area (Å²) < 4.78 is 13.2. The number of methoxy groups -OCH3 is 1. The number of nitrogens with zero attached hydrogens (tertiary/aromatic N) is 1. The normalized spacial score (nSPS) is 14.3. The number of carbonyl (C=O) groups excluding carboxylic acids is 3. The molecule has 0 aliphatic carbocycles. The van der Waals surface area contributed by atoms with E-state index in [9.17, 15) is 14.4 Å². The number of imide groups is 1. The van der Waals surface area contributed by atoms with Gasteiger partial charge in [0.2, 0.25) is 5.91 Å². The number of carbonyl (C=O) groups is 3. The van der Waals surface area contributed by atoms with Gasteiger partial charge in [-0.2, -0.15) is 0 Å². The van der Waals surface area contributed by atoms with Crippen molar-refractivity contribution in [3.8, 4) is 11.5 Å². The second-order valence-electron chi connectivity index (χ2n) is 7.77. The molecule has 1 N–H and O–H groups in total. The SMILES string of the molecule is COc1cc(/C=C2\SC(=O)N(CC(=O)Nc3ccc(Br)c(Cl)c3)C2=O)ccc1OCc1ccc(I)cc1. The summed E-state index contributed by atoms with van der Waals surface area (Å²) >= 11 is 12.3. The second kappa shape index (κ2) is 12.3. The Labute approximate surface area is 244 Å². The molecule has 1 saturated heterocycles. The van der Waals surface area contributed by atoms with Crippen molar-refractivity contribution in [1.29, 1.82) is 0 Å². The third-order valence-corrected chi connectivity index (χ3v) is 8.03. The fraction of sp³-hybridized carbons (Fsp3) is 0.115. The molecule has 3 aromatic carbocycles. The number of nitrogens with one attached hydrogen (secondary N) is 1. The third-order valence-electron chi connectivity index (χ3n) is 5.17. The van der Waals surface area contributed by atoms with E-state index in [2.05, 4.69) is 43.8 Å². The highest BCUT2D eigenvalue weighted by molar-refractivity contribution is 14.1. The zero-order chi connectivity index (χ0) is 26.5. The Morgan fingerprint density at radius 3 is 2.57 bits per heavy atom. The van der Waals surface area contributed by atoms with Crippen molar-refractivity contribution in [2.75, 3.05) is 19.0 Å². The first-order valence-corrected chi connectivity index (χ1v) is 13.9. The molecule has 1 fully saturated rings. The molecule has 11 heteroatoms. The van der Waals surface area contributed by atoms with Crippen LogP contribution in [0.3, 0.4) is 0 Å². The molecule has 1 aliphatic heterocycles. The highest BCUT2D eigenvalue weighted by Crippen LogP contribution is 2.35. The number of amides is 3. The summed E-state index contributed by atoms with van der Waals surface area (Å²) in [6.45, 7) is -0.0373. The Kier molecular flexibility index (Phi) is 9.17. The van der Waals surface area contributed by atoms with Gasteiger partial charge in [0.1, 0.15) is 13.2 Å². The summed E-state index contributed by atoms with van der Waals surface area (Å²) in [5.41, 5.74) is 2.13. The first kappa shape index (κ1) is 27.5. The lowest BCUT2D eigenvalue weighted by atomic mass is 10.1. The average molecular weight is 714 g/mol. The third kappa shape index (κ3) is 7.07. The monoisotopic (exact) mass is 712 g/mol. The standard InChI is InChI=1S/C26H19BrClIN2O5S/c1-35-22-10-16(4-9-21(22)36-14-15-2-5-17(29)6-3-15)11-23-25(33)31(26(34)37-23)13-24(32)30-18-7-8-19(27)20(28)12-18/h2-12H,13-14H2,1H3,(H,30,32)/b23-11-. The van der Waals surface area contributed by atoms with E-state index in [4.69, 9.17) is 21.1 Å². The molecule has 0 spiro atoms.